The van der Waals surface area contributed by atoms with E-state index in [1.807, 2.05) is 53.4 Å². The van der Waals surface area contributed by atoms with E-state index in [-0.39, 0.29) is 5.91 Å². The van der Waals surface area contributed by atoms with E-state index in [1.165, 1.54) is 0 Å². The molecule has 1 spiro atoms. The predicted octanol–water partition coefficient (Wildman–Crippen LogP) is 4.19. The molecule has 156 valence electrons. The molecule has 0 radical (unpaired) electrons. The van der Waals surface area contributed by atoms with Crippen molar-refractivity contribution in [2.75, 3.05) is 23.7 Å². The maximum Gasteiger partial charge on any atom is 0.272 e. The molecule has 0 unspecified atom stereocenters. The van der Waals surface area contributed by atoms with E-state index >= 15 is 0 Å². The first-order chi connectivity index (χ1) is 15.2. The third-order valence-electron chi connectivity index (χ3n) is 5.93. The van der Waals surface area contributed by atoms with Gasteiger partial charge < -0.3 is 15.5 Å². The van der Waals surface area contributed by atoms with Gasteiger partial charge in [-0.2, -0.15) is 0 Å². The molecule has 2 aliphatic rings. The lowest BCUT2D eigenvalue weighted by Gasteiger charge is -2.47. The summed E-state index contributed by atoms with van der Waals surface area (Å²) in [5.74, 6) is 0.844. The minimum absolute atomic E-state index is 0.0391. The number of fused-ring (bicyclic) bond motifs is 1. The number of anilines is 2. The van der Waals surface area contributed by atoms with Crippen LogP contribution in [0.15, 0.2) is 84.0 Å². The van der Waals surface area contributed by atoms with E-state index in [4.69, 9.17) is 4.99 Å². The standard InChI is InChI=1S/C25H25N5O/c31-23(22-13-6-7-15-26-22)30-16-8-14-25(18-30)24(27-17-19-9-2-1-3-10-19)28-20-11-4-5-12-21(20)29-25/h1-7,9-13,15,29H,8,14,16-18H2,(H,27,28)/t25-/m1/s1. The van der Waals surface area contributed by atoms with Crippen LogP contribution in [-0.2, 0) is 6.54 Å². The van der Waals surface area contributed by atoms with Gasteiger partial charge in [0.2, 0.25) is 0 Å². The van der Waals surface area contributed by atoms with Gasteiger partial charge in [0, 0.05) is 12.7 Å². The van der Waals surface area contributed by atoms with E-state index in [2.05, 4.69) is 33.8 Å². The number of nitrogens with zero attached hydrogens (tertiary/aromatic N) is 3. The molecule has 0 bridgehead atoms. The fourth-order valence-corrected chi connectivity index (χ4v) is 4.39. The molecule has 0 aliphatic carbocycles. The summed E-state index contributed by atoms with van der Waals surface area (Å²) in [6.07, 6.45) is 3.45. The highest BCUT2D eigenvalue weighted by atomic mass is 16.2. The summed E-state index contributed by atoms with van der Waals surface area (Å²) in [6.45, 7) is 1.84. The second kappa shape index (κ2) is 8.22. The highest BCUT2D eigenvalue weighted by Crippen LogP contribution is 2.36. The second-order valence-electron chi connectivity index (χ2n) is 8.07. The number of hydrogen-bond acceptors (Lipinski definition) is 4. The maximum atomic E-state index is 13.1. The average molecular weight is 412 g/mol. The van der Waals surface area contributed by atoms with Gasteiger partial charge in [-0.3, -0.25) is 14.8 Å². The van der Waals surface area contributed by atoms with Crippen molar-refractivity contribution in [1.82, 2.24) is 9.88 Å². The summed E-state index contributed by atoms with van der Waals surface area (Å²) in [5.41, 5.74) is 3.22. The van der Waals surface area contributed by atoms with Crippen molar-refractivity contribution in [3.8, 4) is 0 Å². The first kappa shape index (κ1) is 19.3. The minimum atomic E-state index is -0.453. The minimum Gasteiger partial charge on any atom is -0.370 e. The Hall–Kier alpha value is -3.67. The first-order valence-corrected chi connectivity index (χ1v) is 10.7. The topological polar surface area (TPSA) is 69.6 Å². The van der Waals surface area contributed by atoms with E-state index in [0.29, 0.717) is 25.3 Å². The number of rotatable bonds is 3. The Labute approximate surface area is 182 Å². The number of aromatic nitrogens is 1. The summed E-state index contributed by atoms with van der Waals surface area (Å²) in [6, 6.07) is 23.8. The second-order valence-corrected chi connectivity index (χ2v) is 8.07. The molecule has 0 saturated carbocycles. The van der Waals surface area contributed by atoms with Crippen molar-refractivity contribution in [3.05, 3.63) is 90.3 Å². The number of aliphatic imine (C=N–C) groups is 1. The van der Waals surface area contributed by atoms with E-state index in [9.17, 15) is 4.79 Å². The molecule has 31 heavy (non-hydrogen) atoms. The zero-order valence-electron chi connectivity index (χ0n) is 17.3. The molecule has 2 aliphatic heterocycles. The van der Waals surface area contributed by atoms with Crippen molar-refractivity contribution in [3.63, 3.8) is 0 Å². The van der Waals surface area contributed by atoms with E-state index in [0.717, 1.165) is 35.6 Å². The van der Waals surface area contributed by atoms with Gasteiger partial charge in [-0.15, -0.1) is 0 Å². The third kappa shape index (κ3) is 3.89. The van der Waals surface area contributed by atoms with Crippen LogP contribution < -0.4 is 10.6 Å². The molecule has 5 rings (SSSR count). The van der Waals surface area contributed by atoms with Crippen LogP contribution in [0.4, 0.5) is 11.4 Å². The van der Waals surface area contributed by atoms with Crippen LogP contribution in [0.25, 0.3) is 0 Å². The fraction of sp³-hybridized carbons (Fsp3) is 0.240. The molecular formula is C25H25N5O. The number of likely N-dealkylation sites (tertiary alicyclic amines) is 1. The van der Waals surface area contributed by atoms with Crippen LogP contribution in [0.3, 0.4) is 0 Å². The quantitative estimate of drug-likeness (QED) is 0.678. The Morgan fingerprint density at radius 2 is 1.77 bits per heavy atom. The molecule has 1 amide bonds. The van der Waals surface area contributed by atoms with Gasteiger partial charge in [0.05, 0.1) is 24.5 Å². The molecule has 1 aromatic heterocycles. The van der Waals surface area contributed by atoms with Crippen LogP contribution in [-0.4, -0.2) is 40.3 Å². The molecular weight excluding hydrogens is 386 g/mol. The zero-order chi connectivity index (χ0) is 21.1. The molecule has 1 fully saturated rings. The number of amidine groups is 1. The number of para-hydroxylation sites is 2. The largest absolute Gasteiger partial charge is 0.370 e. The fourth-order valence-electron chi connectivity index (χ4n) is 4.39. The number of pyridine rings is 1. The monoisotopic (exact) mass is 411 g/mol. The van der Waals surface area contributed by atoms with Crippen LogP contribution in [0, 0.1) is 0 Å². The van der Waals surface area contributed by atoms with Gasteiger partial charge in [-0.1, -0.05) is 48.5 Å². The number of piperidine rings is 1. The Bertz CT molecular complexity index is 1100. The Kier molecular flexibility index (Phi) is 5.12. The van der Waals surface area contributed by atoms with E-state index in [1.54, 1.807) is 12.3 Å². The van der Waals surface area contributed by atoms with Gasteiger partial charge in [-0.05, 0) is 42.7 Å². The molecule has 6 heteroatoms. The van der Waals surface area contributed by atoms with Gasteiger partial charge in [0.25, 0.3) is 5.91 Å². The molecule has 2 aromatic carbocycles. The Balaban J connectivity index is 1.48. The average Bonchev–Trinajstić information content (AvgIpc) is 2.83. The van der Waals surface area contributed by atoms with Crippen molar-refractivity contribution >= 4 is 23.1 Å². The third-order valence-corrected chi connectivity index (χ3v) is 5.93. The number of hydrogen-bond donors (Lipinski definition) is 2. The summed E-state index contributed by atoms with van der Waals surface area (Å²) in [4.78, 5) is 24.3. The van der Waals surface area contributed by atoms with Crippen molar-refractivity contribution in [2.24, 2.45) is 4.99 Å². The van der Waals surface area contributed by atoms with Gasteiger partial charge >= 0.3 is 0 Å². The summed E-state index contributed by atoms with van der Waals surface area (Å²) >= 11 is 0. The van der Waals surface area contributed by atoms with Crippen molar-refractivity contribution in [1.29, 1.82) is 0 Å². The lowest BCUT2D eigenvalue weighted by molar-refractivity contribution is 0.0688. The number of benzene rings is 2. The first-order valence-electron chi connectivity index (χ1n) is 10.7. The highest BCUT2D eigenvalue weighted by Gasteiger charge is 2.44. The zero-order valence-corrected chi connectivity index (χ0v) is 17.3. The van der Waals surface area contributed by atoms with E-state index < -0.39 is 5.54 Å². The van der Waals surface area contributed by atoms with Gasteiger partial charge in [0.15, 0.2) is 0 Å². The smallest absolute Gasteiger partial charge is 0.272 e. The molecule has 2 N–H and O–H groups in total. The summed E-state index contributed by atoms with van der Waals surface area (Å²) < 4.78 is 0. The van der Waals surface area contributed by atoms with Crippen molar-refractivity contribution < 1.29 is 4.79 Å². The lowest BCUT2D eigenvalue weighted by atomic mass is 9.85. The van der Waals surface area contributed by atoms with Crippen LogP contribution in [0.5, 0.6) is 0 Å². The van der Waals surface area contributed by atoms with Gasteiger partial charge in [-0.25, -0.2) is 0 Å². The molecule has 1 atom stereocenters. The molecule has 6 nitrogen and oxygen atoms in total. The highest BCUT2D eigenvalue weighted by molar-refractivity contribution is 6.10. The number of carbonyl (C=O) groups is 1. The summed E-state index contributed by atoms with van der Waals surface area (Å²) in [5, 5.41) is 7.29. The predicted molar refractivity (Wildman–Crippen MR) is 123 cm³/mol. The van der Waals surface area contributed by atoms with Crippen LogP contribution in [0.2, 0.25) is 0 Å². The number of carbonyl (C=O) groups excluding carboxylic acids is 1. The van der Waals surface area contributed by atoms with Crippen molar-refractivity contribution in [2.45, 2.75) is 24.9 Å². The Morgan fingerprint density at radius 3 is 2.58 bits per heavy atom. The number of nitrogens with one attached hydrogen (secondary N) is 2. The molecule has 1 saturated heterocycles. The normalized spacial score (nSPS) is 21.3. The molecule has 3 aromatic rings. The molecule has 3 heterocycles. The van der Waals surface area contributed by atoms with Crippen LogP contribution in [0.1, 0.15) is 28.9 Å². The lowest BCUT2D eigenvalue weighted by Crippen LogP contribution is -2.62. The van der Waals surface area contributed by atoms with Gasteiger partial charge in [0.1, 0.15) is 17.1 Å². The number of amides is 1. The SMILES string of the molecule is O=C(c1ccccn1)N1CCC[C@]2(C1)Nc1ccccc1NC2=NCc1ccccc1. The Morgan fingerprint density at radius 1 is 1.00 bits per heavy atom. The van der Waals surface area contributed by atoms with Crippen LogP contribution >= 0.6 is 0 Å². The summed E-state index contributed by atoms with van der Waals surface area (Å²) in [7, 11) is 0. The maximum absolute atomic E-state index is 13.1.